The van der Waals surface area contributed by atoms with Crippen molar-refractivity contribution < 1.29 is 28.6 Å². The molecule has 0 saturated heterocycles. The Kier molecular flexibility index (Phi) is 7.33. The maximum atomic E-state index is 13.6. The number of methoxy groups -OCH3 is 1. The lowest BCUT2D eigenvalue weighted by Gasteiger charge is -2.06. The van der Waals surface area contributed by atoms with Gasteiger partial charge in [-0.2, -0.15) is 0 Å². The molecule has 0 radical (unpaired) electrons. The van der Waals surface area contributed by atoms with E-state index >= 15 is 0 Å². The first kappa shape index (κ1) is 24.2. The van der Waals surface area contributed by atoms with E-state index < -0.39 is 17.3 Å². The molecule has 0 fully saturated rings. The monoisotopic (exact) mass is 496 g/mol. The van der Waals surface area contributed by atoms with Gasteiger partial charge < -0.3 is 19.6 Å². The van der Waals surface area contributed by atoms with E-state index in [1.54, 1.807) is 23.6 Å². The Labute approximate surface area is 203 Å². The van der Waals surface area contributed by atoms with Crippen LogP contribution in [0, 0.1) is 5.82 Å². The van der Waals surface area contributed by atoms with Crippen LogP contribution in [0.4, 0.5) is 4.39 Å². The summed E-state index contributed by atoms with van der Waals surface area (Å²) < 4.78 is 24.2. The van der Waals surface area contributed by atoms with Crippen LogP contribution in [0.15, 0.2) is 52.6 Å². The van der Waals surface area contributed by atoms with Gasteiger partial charge in [-0.25, -0.2) is 14.2 Å². The predicted octanol–water partition coefficient (Wildman–Crippen LogP) is 4.36. The van der Waals surface area contributed by atoms with E-state index in [0.717, 1.165) is 11.1 Å². The summed E-state index contributed by atoms with van der Waals surface area (Å²) in [6.07, 6.45) is 0.430. The molecule has 0 bridgehead atoms. The average Bonchev–Trinajstić information content (AvgIpc) is 3.27. The van der Waals surface area contributed by atoms with Gasteiger partial charge in [0, 0.05) is 12.0 Å². The molecule has 0 aliphatic rings. The Balaban J connectivity index is 1.41. The number of benzene rings is 2. The fourth-order valence-corrected chi connectivity index (χ4v) is 4.43. The van der Waals surface area contributed by atoms with E-state index in [2.05, 4.69) is 9.97 Å². The number of carboxylic acid groups (broad SMARTS) is 1. The predicted molar refractivity (Wildman–Crippen MR) is 128 cm³/mol. The van der Waals surface area contributed by atoms with Crippen LogP contribution in [0.1, 0.15) is 44.1 Å². The van der Waals surface area contributed by atoms with Crippen molar-refractivity contribution in [2.45, 2.75) is 26.1 Å². The third kappa shape index (κ3) is 5.61. The number of fused-ring (bicyclic) bond motifs is 1. The number of Topliss-reactive ketones (excluding diaryl/α,β-unsaturated/α-hetero) is 1. The van der Waals surface area contributed by atoms with E-state index in [-0.39, 0.29) is 42.6 Å². The zero-order valence-electron chi connectivity index (χ0n) is 18.7. The number of aromatic nitrogens is 2. The van der Waals surface area contributed by atoms with Gasteiger partial charge in [0.25, 0.3) is 5.56 Å². The van der Waals surface area contributed by atoms with Crippen molar-refractivity contribution >= 4 is 33.3 Å². The van der Waals surface area contributed by atoms with Crippen LogP contribution in [-0.2, 0) is 24.4 Å². The number of thiophene rings is 1. The van der Waals surface area contributed by atoms with Crippen molar-refractivity contribution in [1.82, 2.24) is 9.97 Å². The van der Waals surface area contributed by atoms with Gasteiger partial charge >= 0.3 is 5.97 Å². The van der Waals surface area contributed by atoms with Gasteiger partial charge in [0.2, 0.25) is 0 Å². The van der Waals surface area contributed by atoms with E-state index in [0.29, 0.717) is 22.2 Å². The summed E-state index contributed by atoms with van der Waals surface area (Å²) in [5, 5.41) is 11.1. The molecule has 4 rings (SSSR count). The third-order valence-corrected chi connectivity index (χ3v) is 6.29. The first-order chi connectivity index (χ1) is 16.9. The minimum atomic E-state index is -0.998. The number of rotatable bonds is 10. The highest BCUT2D eigenvalue weighted by Gasteiger charge is 2.16. The topological polar surface area (TPSA) is 119 Å². The molecule has 2 N–H and O–H groups in total. The number of carboxylic acids is 1. The van der Waals surface area contributed by atoms with Crippen LogP contribution in [0.2, 0.25) is 0 Å². The lowest BCUT2D eigenvalue weighted by atomic mass is 10.1. The number of nitrogens with one attached hydrogen (secondary N) is 1. The minimum absolute atomic E-state index is 0.0237. The van der Waals surface area contributed by atoms with E-state index in [1.165, 1.54) is 42.7 Å². The number of ether oxygens (including phenoxy) is 2. The molecular weight excluding hydrogens is 475 g/mol. The number of aryl methyl sites for hydroxylation is 1. The second-order valence-electron chi connectivity index (χ2n) is 7.74. The smallest absolute Gasteiger partial charge is 0.335 e. The molecule has 180 valence electrons. The van der Waals surface area contributed by atoms with Crippen LogP contribution < -0.4 is 10.3 Å². The van der Waals surface area contributed by atoms with Gasteiger partial charge in [-0.05, 0) is 47.2 Å². The van der Waals surface area contributed by atoms with Gasteiger partial charge in [0.15, 0.2) is 23.2 Å². The maximum absolute atomic E-state index is 13.6. The quantitative estimate of drug-likeness (QED) is 0.313. The fraction of sp³-hybridized carbons (Fsp3) is 0.200. The van der Waals surface area contributed by atoms with Crippen molar-refractivity contribution in [3.63, 3.8) is 0 Å². The van der Waals surface area contributed by atoms with E-state index in [9.17, 15) is 18.8 Å². The van der Waals surface area contributed by atoms with Crippen LogP contribution in [0.25, 0.3) is 10.2 Å². The summed E-state index contributed by atoms with van der Waals surface area (Å²) in [6.45, 7) is 0.401. The number of aromatic amines is 1. The zero-order valence-corrected chi connectivity index (χ0v) is 19.5. The molecular formula is C25H21FN2O6S. The van der Waals surface area contributed by atoms with E-state index in [4.69, 9.17) is 14.6 Å². The highest BCUT2D eigenvalue weighted by Crippen LogP contribution is 2.23. The van der Waals surface area contributed by atoms with Crippen LogP contribution in [0.3, 0.4) is 0 Å². The first-order valence-corrected chi connectivity index (χ1v) is 11.5. The van der Waals surface area contributed by atoms with Gasteiger partial charge in [0.05, 0.1) is 31.3 Å². The summed E-state index contributed by atoms with van der Waals surface area (Å²) in [6, 6.07) is 10.7. The van der Waals surface area contributed by atoms with Gasteiger partial charge in [0.1, 0.15) is 4.83 Å². The van der Waals surface area contributed by atoms with Crippen molar-refractivity contribution in [3.8, 4) is 5.75 Å². The molecule has 2 aromatic heterocycles. The zero-order chi connectivity index (χ0) is 24.9. The number of hydrogen-bond acceptors (Lipinski definition) is 7. The van der Waals surface area contributed by atoms with Crippen LogP contribution in [0.5, 0.6) is 5.75 Å². The number of H-pyrrole nitrogens is 1. The van der Waals surface area contributed by atoms with Gasteiger partial charge in [-0.15, -0.1) is 11.3 Å². The lowest BCUT2D eigenvalue weighted by molar-refractivity contribution is 0.0696. The van der Waals surface area contributed by atoms with E-state index in [1.807, 2.05) is 0 Å². The Morgan fingerprint density at radius 3 is 2.57 bits per heavy atom. The second kappa shape index (κ2) is 10.6. The average molecular weight is 497 g/mol. The summed E-state index contributed by atoms with van der Waals surface area (Å²) in [4.78, 5) is 43.6. The number of halogens is 1. The number of nitrogens with zero attached hydrogens (tertiary/aromatic N) is 1. The first-order valence-electron chi connectivity index (χ1n) is 10.6. The van der Waals surface area contributed by atoms with Crippen molar-refractivity contribution in [2.75, 3.05) is 7.11 Å². The molecule has 0 atom stereocenters. The number of hydrogen-bond donors (Lipinski definition) is 2. The Morgan fingerprint density at radius 1 is 1.11 bits per heavy atom. The largest absolute Gasteiger partial charge is 0.494 e. The Hall–Kier alpha value is -3.89. The second-order valence-corrected chi connectivity index (χ2v) is 8.60. The highest BCUT2D eigenvalue weighted by atomic mass is 32.1. The molecule has 0 aliphatic heterocycles. The highest BCUT2D eigenvalue weighted by molar-refractivity contribution is 7.16. The van der Waals surface area contributed by atoms with Crippen LogP contribution >= 0.6 is 11.3 Å². The summed E-state index contributed by atoms with van der Waals surface area (Å²) in [5.74, 6) is -1.73. The summed E-state index contributed by atoms with van der Waals surface area (Å²) >= 11 is 1.25. The number of carbonyl (C=O) groups is 2. The van der Waals surface area contributed by atoms with Gasteiger partial charge in [-0.3, -0.25) is 9.59 Å². The molecule has 0 unspecified atom stereocenters. The molecule has 0 aliphatic carbocycles. The third-order valence-electron chi connectivity index (χ3n) is 5.37. The van der Waals surface area contributed by atoms with Crippen LogP contribution in [-0.4, -0.2) is 33.9 Å². The molecule has 35 heavy (non-hydrogen) atoms. The molecule has 2 aromatic carbocycles. The van der Waals surface area contributed by atoms with Gasteiger partial charge in [-0.1, -0.05) is 18.2 Å². The fourth-order valence-electron chi connectivity index (χ4n) is 3.50. The van der Waals surface area contributed by atoms with Crippen molar-refractivity contribution in [1.29, 1.82) is 0 Å². The molecule has 8 nitrogen and oxygen atoms in total. The molecule has 4 aromatic rings. The SMILES string of the molecule is COc1cc(CCC(=O)c2nc3scc(COCc4ccc(C(=O)O)cc4)c3c(=O)[nH]2)ccc1F. The minimum Gasteiger partial charge on any atom is -0.494 e. The lowest BCUT2D eigenvalue weighted by Crippen LogP contribution is -2.16. The Morgan fingerprint density at radius 2 is 1.86 bits per heavy atom. The molecule has 0 saturated carbocycles. The van der Waals surface area contributed by atoms with Crippen molar-refractivity contribution in [3.05, 3.63) is 92.1 Å². The summed E-state index contributed by atoms with van der Waals surface area (Å²) in [5.41, 5.74) is 1.95. The van der Waals surface area contributed by atoms with Crippen molar-refractivity contribution in [2.24, 2.45) is 0 Å². The number of aromatic carboxylic acids is 1. The molecule has 0 amide bonds. The Bertz CT molecular complexity index is 1440. The normalized spacial score (nSPS) is 11.0. The number of ketones is 1. The number of carbonyl (C=O) groups excluding carboxylic acids is 1. The summed E-state index contributed by atoms with van der Waals surface area (Å²) in [7, 11) is 1.37. The standard InChI is InChI=1S/C25H21FN2O6S/c1-33-20-10-14(4-8-18(20)26)5-9-19(29)22-27-23(30)21-17(13-35-24(21)28-22)12-34-11-15-2-6-16(7-3-15)25(31)32/h2-4,6-8,10,13H,5,9,11-12H2,1H3,(H,31,32)(H,27,28,30). The maximum Gasteiger partial charge on any atom is 0.335 e. The molecule has 0 spiro atoms. The molecule has 10 heteroatoms. The molecule has 2 heterocycles.